The summed E-state index contributed by atoms with van der Waals surface area (Å²) in [6, 6.07) is -1.64. The van der Waals surface area contributed by atoms with E-state index in [0.29, 0.717) is 13.0 Å². The molecule has 0 radical (unpaired) electrons. The summed E-state index contributed by atoms with van der Waals surface area (Å²) in [6.07, 6.45) is 12.4. The van der Waals surface area contributed by atoms with Gasteiger partial charge in [0, 0.05) is 18.7 Å². The molecule has 0 aliphatic carbocycles. The second-order valence-electron chi connectivity index (χ2n) is 11.5. The number of carbonyl (C=O) groups excluding carboxylic acids is 3. The molecule has 41 heavy (non-hydrogen) atoms. The minimum atomic E-state index is -1.45. The van der Waals surface area contributed by atoms with Crippen LogP contribution in [0.15, 0.2) is 0 Å². The molecular formula is C30H55N3O7S. The largest absolute Gasteiger partial charge is 0.447 e. The highest BCUT2D eigenvalue weighted by Crippen LogP contribution is 2.35. The fraction of sp³-hybridized carbons (Fsp3) is 0.900. The molecule has 0 bridgehead atoms. The van der Waals surface area contributed by atoms with Crippen LogP contribution in [0.1, 0.15) is 117 Å². The van der Waals surface area contributed by atoms with Crippen molar-refractivity contribution in [2.45, 2.75) is 152 Å². The van der Waals surface area contributed by atoms with Crippen LogP contribution in [0.4, 0.5) is 4.79 Å². The minimum Gasteiger partial charge on any atom is -0.447 e. The Hall–Kier alpha value is -1.56. The van der Waals surface area contributed by atoms with Gasteiger partial charge in [0.25, 0.3) is 0 Å². The van der Waals surface area contributed by atoms with Gasteiger partial charge in [0.2, 0.25) is 11.8 Å². The van der Waals surface area contributed by atoms with E-state index in [2.05, 4.69) is 24.5 Å². The first kappa shape index (κ1) is 35.6. The summed E-state index contributed by atoms with van der Waals surface area (Å²) in [4.78, 5) is 39.4. The highest BCUT2D eigenvalue weighted by molar-refractivity contribution is 8.00. The standard InChI is InChI=1S/C30H55N3O7S/c1-3-5-7-9-10-11-12-13-15-17-19-31-28(38)22(32-24(34)18-16-14-8-6-4-2)21-41-29-27(37)26(36)25(35)23-20-40-30(39)33(23)29/h22-23,25-27,29,35-37H,3-21H2,1-2H3,(H,31,38)(H,32,34)/t22-,23?,25+,26?,27?,29+/m0/s1. The van der Waals surface area contributed by atoms with Gasteiger partial charge in [-0.3, -0.25) is 14.5 Å². The summed E-state index contributed by atoms with van der Waals surface area (Å²) < 4.78 is 5.05. The number of ether oxygens (including phenoxy) is 1. The Bertz CT molecular complexity index is 774. The van der Waals surface area contributed by atoms with Crippen LogP contribution in [0.2, 0.25) is 0 Å². The van der Waals surface area contributed by atoms with E-state index in [9.17, 15) is 29.7 Å². The van der Waals surface area contributed by atoms with Gasteiger partial charge in [-0.15, -0.1) is 11.8 Å². The molecule has 3 unspecified atom stereocenters. The van der Waals surface area contributed by atoms with Gasteiger partial charge >= 0.3 is 6.09 Å². The van der Waals surface area contributed by atoms with Crippen molar-refractivity contribution in [3.63, 3.8) is 0 Å². The maximum atomic E-state index is 13.1. The minimum absolute atomic E-state index is 0.0849. The third kappa shape index (κ3) is 12.3. The highest BCUT2D eigenvalue weighted by Gasteiger charge is 2.54. The van der Waals surface area contributed by atoms with Crippen LogP contribution in [-0.4, -0.2) is 92.8 Å². The molecule has 2 aliphatic heterocycles. The lowest BCUT2D eigenvalue weighted by molar-refractivity contribution is -0.128. The monoisotopic (exact) mass is 601 g/mol. The summed E-state index contributed by atoms with van der Waals surface area (Å²) in [6.45, 7) is 4.79. The second kappa shape index (κ2) is 20.4. The van der Waals surface area contributed by atoms with Crippen LogP contribution in [0.3, 0.4) is 0 Å². The average molecular weight is 602 g/mol. The Morgan fingerprint density at radius 1 is 0.854 bits per heavy atom. The summed E-state index contributed by atoms with van der Waals surface area (Å²) in [5.74, 6) is -0.426. The van der Waals surface area contributed by atoms with Crippen molar-refractivity contribution in [1.82, 2.24) is 15.5 Å². The van der Waals surface area contributed by atoms with E-state index in [1.54, 1.807) is 0 Å². The number of amides is 3. The number of aliphatic hydroxyl groups excluding tert-OH is 3. The molecule has 0 saturated carbocycles. The van der Waals surface area contributed by atoms with Crippen molar-refractivity contribution in [3.05, 3.63) is 0 Å². The predicted octanol–water partition coefficient (Wildman–Crippen LogP) is 3.85. The molecule has 2 fully saturated rings. The van der Waals surface area contributed by atoms with Crippen molar-refractivity contribution in [2.24, 2.45) is 0 Å². The Morgan fingerprint density at radius 3 is 2.02 bits per heavy atom. The second-order valence-corrected chi connectivity index (χ2v) is 12.7. The molecule has 2 aliphatic rings. The first-order valence-electron chi connectivity index (χ1n) is 16.0. The lowest BCUT2D eigenvalue weighted by atomic mass is 9.95. The lowest BCUT2D eigenvalue weighted by Gasteiger charge is -2.44. The normalized spacial score (nSPS) is 24.6. The van der Waals surface area contributed by atoms with Gasteiger partial charge in [-0.25, -0.2) is 4.79 Å². The number of unbranched alkanes of at least 4 members (excludes halogenated alkanes) is 13. The van der Waals surface area contributed by atoms with Crippen molar-refractivity contribution in [1.29, 1.82) is 0 Å². The number of hydrogen-bond donors (Lipinski definition) is 5. The fourth-order valence-corrected chi connectivity index (χ4v) is 6.81. The van der Waals surface area contributed by atoms with Gasteiger partial charge in [-0.2, -0.15) is 0 Å². The third-order valence-electron chi connectivity index (χ3n) is 8.03. The fourth-order valence-electron chi connectivity index (χ4n) is 5.42. The van der Waals surface area contributed by atoms with Crippen molar-refractivity contribution in [2.75, 3.05) is 18.9 Å². The van der Waals surface area contributed by atoms with E-state index in [-0.39, 0.29) is 24.2 Å². The molecule has 5 N–H and O–H groups in total. The Kier molecular flexibility index (Phi) is 17.7. The number of hydrogen-bond acceptors (Lipinski definition) is 8. The van der Waals surface area contributed by atoms with Gasteiger partial charge in [-0.1, -0.05) is 97.3 Å². The summed E-state index contributed by atoms with van der Waals surface area (Å²) in [5, 5.41) is 36.1. The van der Waals surface area contributed by atoms with E-state index in [1.165, 1.54) is 49.8 Å². The number of nitrogens with one attached hydrogen (secondary N) is 2. The van der Waals surface area contributed by atoms with Gasteiger partial charge in [0.1, 0.15) is 36.3 Å². The molecule has 0 spiro atoms. The van der Waals surface area contributed by atoms with E-state index in [4.69, 9.17) is 4.74 Å². The zero-order chi connectivity index (χ0) is 30.0. The third-order valence-corrected chi connectivity index (χ3v) is 9.40. The summed E-state index contributed by atoms with van der Waals surface area (Å²) in [5.41, 5.74) is 0. The molecule has 238 valence electrons. The maximum absolute atomic E-state index is 13.1. The number of fused-ring (bicyclic) bond motifs is 1. The topological polar surface area (TPSA) is 148 Å². The first-order valence-corrected chi connectivity index (χ1v) is 17.0. The number of carbonyl (C=O) groups is 3. The van der Waals surface area contributed by atoms with Crippen molar-refractivity contribution >= 4 is 29.7 Å². The van der Waals surface area contributed by atoms with Crippen LogP contribution in [-0.2, 0) is 14.3 Å². The SMILES string of the molecule is CCCCCCCCCCCCNC(=O)[C@H](CS[C@@H]1C(O)C(O)[C@H](O)C2COC(=O)N21)NC(=O)CCCCCCC. The molecular weight excluding hydrogens is 546 g/mol. The quantitative estimate of drug-likeness (QED) is 0.118. The Balaban J connectivity index is 1.85. The van der Waals surface area contributed by atoms with Gasteiger partial charge in [-0.05, 0) is 12.8 Å². The van der Waals surface area contributed by atoms with E-state index >= 15 is 0 Å². The number of nitrogens with zero attached hydrogens (tertiary/aromatic N) is 1. The molecule has 2 rings (SSSR count). The number of aliphatic hydroxyl groups is 3. The van der Waals surface area contributed by atoms with Crippen LogP contribution >= 0.6 is 11.8 Å². The van der Waals surface area contributed by atoms with Crippen LogP contribution in [0.5, 0.6) is 0 Å². The molecule has 6 atom stereocenters. The zero-order valence-electron chi connectivity index (χ0n) is 25.2. The molecule has 10 nitrogen and oxygen atoms in total. The maximum Gasteiger partial charge on any atom is 0.411 e. The Labute approximate surface area is 250 Å². The Morgan fingerprint density at radius 2 is 1.41 bits per heavy atom. The molecule has 11 heteroatoms. The molecule has 0 aromatic carbocycles. The average Bonchev–Trinajstić information content (AvgIpc) is 3.34. The van der Waals surface area contributed by atoms with E-state index in [0.717, 1.165) is 63.1 Å². The molecule has 0 aromatic heterocycles. The molecule has 2 saturated heterocycles. The number of thioether (sulfide) groups is 1. The summed E-state index contributed by atoms with van der Waals surface area (Å²) in [7, 11) is 0. The predicted molar refractivity (Wildman–Crippen MR) is 161 cm³/mol. The zero-order valence-corrected chi connectivity index (χ0v) is 26.0. The number of cyclic esters (lactones) is 1. The first-order chi connectivity index (χ1) is 19.8. The lowest BCUT2D eigenvalue weighted by Crippen LogP contribution is -2.64. The van der Waals surface area contributed by atoms with Crippen LogP contribution in [0, 0.1) is 0 Å². The smallest absolute Gasteiger partial charge is 0.411 e. The van der Waals surface area contributed by atoms with Gasteiger partial charge < -0.3 is 30.7 Å². The number of rotatable bonds is 22. The van der Waals surface area contributed by atoms with Crippen LogP contribution < -0.4 is 10.6 Å². The number of piperidine rings is 1. The molecule has 2 heterocycles. The molecule has 3 amide bonds. The molecule has 0 aromatic rings. The highest BCUT2D eigenvalue weighted by atomic mass is 32.2. The van der Waals surface area contributed by atoms with Crippen molar-refractivity contribution in [3.8, 4) is 0 Å². The van der Waals surface area contributed by atoms with Gasteiger partial charge in [0.05, 0.1) is 6.04 Å². The van der Waals surface area contributed by atoms with E-state index < -0.39 is 41.9 Å². The van der Waals surface area contributed by atoms with E-state index in [1.807, 2.05) is 0 Å². The van der Waals surface area contributed by atoms with Crippen LogP contribution in [0.25, 0.3) is 0 Å². The summed E-state index contributed by atoms with van der Waals surface area (Å²) >= 11 is 1.09. The van der Waals surface area contributed by atoms with Crippen molar-refractivity contribution < 1.29 is 34.4 Å². The van der Waals surface area contributed by atoms with Gasteiger partial charge in [0.15, 0.2) is 0 Å².